The van der Waals surface area contributed by atoms with Gasteiger partial charge in [0.15, 0.2) is 0 Å². The molecular weight excluding hydrogens is 396 g/mol. The van der Waals surface area contributed by atoms with Crippen molar-refractivity contribution in [2.24, 2.45) is 5.92 Å². The van der Waals surface area contributed by atoms with Crippen LogP contribution in [0.25, 0.3) is 11.1 Å². The van der Waals surface area contributed by atoms with Crippen molar-refractivity contribution in [3.8, 4) is 11.1 Å². The molecule has 30 heavy (non-hydrogen) atoms. The highest BCUT2D eigenvalue weighted by Gasteiger charge is 2.27. The minimum absolute atomic E-state index is 0.0518. The number of halogens is 1. The van der Waals surface area contributed by atoms with Crippen LogP contribution in [0.1, 0.15) is 24.0 Å². The molecule has 0 bridgehead atoms. The minimum atomic E-state index is -0.0818. The number of hydrogen-bond donors (Lipinski definition) is 1. The second kappa shape index (κ2) is 9.26. The van der Waals surface area contributed by atoms with Crippen molar-refractivity contribution in [2.75, 3.05) is 18.0 Å². The first-order chi connectivity index (χ1) is 14.6. The summed E-state index contributed by atoms with van der Waals surface area (Å²) in [4.78, 5) is 23.9. The van der Waals surface area contributed by atoms with Crippen molar-refractivity contribution in [2.45, 2.75) is 26.3 Å². The number of rotatable bonds is 5. The summed E-state index contributed by atoms with van der Waals surface area (Å²) in [6, 6.07) is 15.9. The van der Waals surface area contributed by atoms with Gasteiger partial charge in [0, 0.05) is 42.6 Å². The van der Waals surface area contributed by atoms with E-state index in [1.54, 1.807) is 0 Å². The Labute approximate surface area is 182 Å². The van der Waals surface area contributed by atoms with Crippen molar-refractivity contribution in [3.63, 3.8) is 0 Å². The summed E-state index contributed by atoms with van der Waals surface area (Å²) in [5, 5.41) is 3.70. The zero-order valence-corrected chi connectivity index (χ0v) is 17.8. The zero-order valence-electron chi connectivity index (χ0n) is 17.0. The molecule has 1 saturated heterocycles. The number of aryl methyl sites for hydroxylation is 1. The highest BCUT2D eigenvalue weighted by Crippen LogP contribution is 2.23. The maximum absolute atomic E-state index is 12.7. The van der Waals surface area contributed by atoms with E-state index in [4.69, 9.17) is 11.6 Å². The van der Waals surface area contributed by atoms with Crippen LogP contribution in [0.2, 0.25) is 5.02 Å². The first kappa shape index (κ1) is 20.4. The van der Waals surface area contributed by atoms with Crippen LogP contribution >= 0.6 is 11.6 Å². The highest BCUT2D eigenvalue weighted by molar-refractivity contribution is 6.31. The molecule has 0 aliphatic carbocycles. The first-order valence-electron chi connectivity index (χ1n) is 10.3. The number of nitrogens with one attached hydrogen (secondary N) is 1. The molecule has 1 aliphatic rings. The van der Waals surface area contributed by atoms with Crippen LogP contribution < -0.4 is 10.2 Å². The van der Waals surface area contributed by atoms with E-state index in [1.165, 1.54) is 5.56 Å². The van der Waals surface area contributed by atoms with Gasteiger partial charge in [-0.15, -0.1) is 0 Å². The Morgan fingerprint density at radius 3 is 2.57 bits per heavy atom. The van der Waals surface area contributed by atoms with Gasteiger partial charge in [-0.2, -0.15) is 0 Å². The summed E-state index contributed by atoms with van der Waals surface area (Å²) >= 11 is 6.19. The average Bonchev–Trinajstić information content (AvgIpc) is 2.79. The lowest BCUT2D eigenvalue weighted by atomic mass is 9.97. The second-order valence-corrected chi connectivity index (χ2v) is 8.14. The third-order valence-corrected chi connectivity index (χ3v) is 5.88. The number of anilines is 1. The fourth-order valence-electron chi connectivity index (χ4n) is 3.72. The molecule has 3 aromatic rings. The largest absolute Gasteiger partial charge is 0.352 e. The van der Waals surface area contributed by atoms with Crippen molar-refractivity contribution in [1.29, 1.82) is 0 Å². The Morgan fingerprint density at radius 2 is 1.83 bits per heavy atom. The molecule has 0 saturated carbocycles. The van der Waals surface area contributed by atoms with Gasteiger partial charge in [-0.05, 0) is 37.0 Å². The SMILES string of the molecule is Cc1ccc(-c2cnc(N3CCC[C@H](C(=O)NCc4ccccc4Cl)C3)nc2)cc1. The van der Waals surface area contributed by atoms with Gasteiger partial charge in [-0.3, -0.25) is 4.79 Å². The Balaban J connectivity index is 1.38. The van der Waals surface area contributed by atoms with Crippen LogP contribution in [-0.4, -0.2) is 29.0 Å². The Bertz CT molecular complexity index is 1000. The summed E-state index contributed by atoms with van der Waals surface area (Å²) in [6.07, 6.45) is 5.52. The van der Waals surface area contributed by atoms with Crippen LogP contribution in [0.3, 0.4) is 0 Å². The highest BCUT2D eigenvalue weighted by atomic mass is 35.5. The van der Waals surface area contributed by atoms with Crippen molar-refractivity contribution < 1.29 is 4.79 Å². The predicted molar refractivity (Wildman–Crippen MR) is 120 cm³/mol. The summed E-state index contributed by atoms with van der Waals surface area (Å²) in [6.45, 7) is 3.99. The van der Waals surface area contributed by atoms with Crippen LogP contribution in [0.5, 0.6) is 0 Å². The van der Waals surface area contributed by atoms with Crippen molar-refractivity contribution in [3.05, 3.63) is 77.1 Å². The molecule has 2 heterocycles. The summed E-state index contributed by atoms with van der Waals surface area (Å²) in [7, 11) is 0. The van der Waals surface area contributed by atoms with Crippen LogP contribution in [0.15, 0.2) is 60.9 Å². The topological polar surface area (TPSA) is 58.1 Å². The van der Waals surface area contributed by atoms with Crippen LogP contribution in [0, 0.1) is 12.8 Å². The normalized spacial score (nSPS) is 16.3. The van der Waals surface area contributed by atoms with Gasteiger partial charge >= 0.3 is 0 Å². The molecular formula is C24H25ClN4O. The number of benzene rings is 2. The minimum Gasteiger partial charge on any atom is -0.352 e. The van der Waals surface area contributed by atoms with E-state index in [9.17, 15) is 4.79 Å². The van der Waals surface area contributed by atoms with Crippen molar-refractivity contribution in [1.82, 2.24) is 15.3 Å². The van der Waals surface area contributed by atoms with E-state index in [0.29, 0.717) is 24.1 Å². The molecule has 154 valence electrons. The van der Waals surface area contributed by atoms with Gasteiger partial charge in [0.05, 0.1) is 5.92 Å². The number of hydrogen-bond acceptors (Lipinski definition) is 4. The van der Waals surface area contributed by atoms with Gasteiger partial charge in [-0.25, -0.2) is 9.97 Å². The fourth-order valence-corrected chi connectivity index (χ4v) is 3.92. The predicted octanol–water partition coefficient (Wildman–Crippen LogP) is 4.64. The molecule has 1 N–H and O–H groups in total. The van der Waals surface area contributed by atoms with E-state index in [0.717, 1.165) is 36.1 Å². The molecule has 5 nitrogen and oxygen atoms in total. The van der Waals surface area contributed by atoms with Crippen LogP contribution in [0.4, 0.5) is 5.95 Å². The Morgan fingerprint density at radius 1 is 1.10 bits per heavy atom. The number of carbonyl (C=O) groups is 1. The van der Waals surface area contributed by atoms with Gasteiger partial charge < -0.3 is 10.2 Å². The molecule has 1 atom stereocenters. The van der Waals surface area contributed by atoms with E-state index in [-0.39, 0.29) is 11.8 Å². The third-order valence-electron chi connectivity index (χ3n) is 5.51. The smallest absolute Gasteiger partial charge is 0.225 e. The molecule has 1 fully saturated rings. The van der Waals surface area contributed by atoms with E-state index >= 15 is 0 Å². The second-order valence-electron chi connectivity index (χ2n) is 7.73. The molecule has 1 aliphatic heterocycles. The lowest BCUT2D eigenvalue weighted by Gasteiger charge is -2.32. The molecule has 0 radical (unpaired) electrons. The molecule has 4 rings (SSSR count). The van der Waals surface area contributed by atoms with Gasteiger partial charge in [0.2, 0.25) is 11.9 Å². The Kier molecular flexibility index (Phi) is 6.29. The summed E-state index contributed by atoms with van der Waals surface area (Å²) in [5.41, 5.74) is 4.24. The lowest BCUT2D eigenvalue weighted by molar-refractivity contribution is -0.125. The van der Waals surface area contributed by atoms with E-state index in [1.807, 2.05) is 36.7 Å². The number of piperidine rings is 1. The molecule has 0 spiro atoms. The molecule has 1 amide bonds. The maximum atomic E-state index is 12.7. The van der Waals surface area contributed by atoms with E-state index in [2.05, 4.69) is 51.4 Å². The lowest BCUT2D eigenvalue weighted by Crippen LogP contribution is -2.43. The molecule has 6 heteroatoms. The van der Waals surface area contributed by atoms with Crippen molar-refractivity contribution >= 4 is 23.5 Å². The summed E-state index contributed by atoms with van der Waals surface area (Å²) < 4.78 is 0. The Hall–Kier alpha value is -2.92. The number of amides is 1. The third kappa shape index (κ3) is 4.79. The molecule has 2 aromatic carbocycles. The molecule has 1 aromatic heterocycles. The van der Waals surface area contributed by atoms with Gasteiger partial charge in [0.25, 0.3) is 0 Å². The first-order valence-corrected chi connectivity index (χ1v) is 10.6. The monoisotopic (exact) mass is 420 g/mol. The quantitative estimate of drug-likeness (QED) is 0.653. The van der Waals surface area contributed by atoms with E-state index < -0.39 is 0 Å². The van der Waals surface area contributed by atoms with Gasteiger partial charge in [0.1, 0.15) is 0 Å². The maximum Gasteiger partial charge on any atom is 0.225 e. The fraction of sp³-hybridized carbons (Fsp3) is 0.292. The number of aromatic nitrogens is 2. The standard InChI is InChI=1S/C24H25ClN4O/c1-17-8-10-18(11-9-17)21-14-27-24(28-15-21)29-12-4-6-20(16-29)23(30)26-13-19-5-2-3-7-22(19)25/h2-3,5,7-11,14-15,20H,4,6,12-13,16H2,1H3,(H,26,30)/t20-/m0/s1. The average molecular weight is 421 g/mol. The summed E-state index contributed by atoms with van der Waals surface area (Å²) in [5.74, 6) is 0.645. The zero-order chi connectivity index (χ0) is 20.9. The molecule has 0 unspecified atom stereocenters. The van der Waals surface area contributed by atoms with Crippen LogP contribution in [-0.2, 0) is 11.3 Å². The van der Waals surface area contributed by atoms with Gasteiger partial charge in [-0.1, -0.05) is 59.6 Å². The number of nitrogens with zero attached hydrogens (tertiary/aromatic N) is 3. The number of carbonyl (C=O) groups excluding carboxylic acids is 1.